The van der Waals surface area contributed by atoms with Crippen LogP contribution in [0.15, 0.2) is 54.6 Å². The molecule has 1 aliphatic rings. The quantitative estimate of drug-likeness (QED) is 0.677. The number of benzene rings is 2. The molecular weight excluding hydrogens is 404 g/mol. The Morgan fingerprint density at radius 3 is 2.03 bits per heavy atom. The second-order valence-electron chi connectivity index (χ2n) is 7.51. The minimum atomic E-state index is -0.00110. The van der Waals surface area contributed by atoms with Gasteiger partial charge in [0, 0.05) is 37.1 Å². The second-order valence-corrected chi connectivity index (χ2v) is 9.04. The molecule has 2 aromatic carbocycles. The van der Waals surface area contributed by atoms with E-state index in [1.165, 1.54) is 5.56 Å². The first-order valence-electron chi connectivity index (χ1n) is 9.94. The third-order valence-corrected chi connectivity index (χ3v) is 6.63. The van der Waals surface area contributed by atoms with Crippen molar-refractivity contribution in [1.29, 1.82) is 0 Å². The largest absolute Gasteiger partial charge is 0.339 e. The standard InChI is InChI=1S/C23H27ClN2O2S/c1-17(2)23(28)26-14-12-25(13-15-26)21(27)16-29-22(18-6-4-3-5-7-18)19-8-10-20(24)11-9-19/h3-11,17,22H,12-16H2,1-2H3. The van der Waals surface area contributed by atoms with Crippen molar-refractivity contribution in [3.05, 3.63) is 70.7 Å². The highest BCUT2D eigenvalue weighted by Crippen LogP contribution is 2.36. The molecular formula is C23H27ClN2O2S. The number of thioether (sulfide) groups is 1. The fourth-order valence-corrected chi connectivity index (χ4v) is 4.75. The number of hydrogen-bond acceptors (Lipinski definition) is 3. The van der Waals surface area contributed by atoms with Gasteiger partial charge in [0.05, 0.1) is 11.0 Å². The Bertz CT molecular complexity index is 819. The predicted octanol–water partition coefficient (Wildman–Crippen LogP) is 4.49. The molecule has 0 aliphatic carbocycles. The number of hydrogen-bond donors (Lipinski definition) is 0. The second kappa shape index (κ2) is 10.2. The molecule has 0 aromatic heterocycles. The highest BCUT2D eigenvalue weighted by Gasteiger charge is 2.26. The maximum absolute atomic E-state index is 12.8. The third-order valence-electron chi connectivity index (χ3n) is 5.09. The van der Waals surface area contributed by atoms with Crippen molar-refractivity contribution in [2.75, 3.05) is 31.9 Å². The van der Waals surface area contributed by atoms with Crippen LogP contribution in [-0.2, 0) is 9.59 Å². The molecule has 0 saturated carbocycles. The highest BCUT2D eigenvalue weighted by atomic mass is 35.5. The van der Waals surface area contributed by atoms with Gasteiger partial charge in [0.25, 0.3) is 0 Å². The summed E-state index contributed by atoms with van der Waals surface area (Å²) in [4.78, 5) is 28.7. The van der Waals surface area contributed by atoms with E-state index >= 15 is 0 Å². The van der Waals surface area contributed by atoms with Crippen LogP contribution in [0.4, 0.5) is 0 Å². The van der Waals surface area contributed by atoms with Crippen molar-refractivity contribution in [3.8, 4) is 0 Å². The molecule has 0 bridgehead atoms. The summed E-state index contributed by atoms with van der Waals surface area (Å²) in [6.45, 7) is 6.27. The van der Waals surface area contributed by atoms with E-state index in [0.29, 0.717) is 37.0 Å². The summed E-state index contributed by atoms with van der Waals surface area (Å²) in [5.41, 5.74) is 2.30. The highest BCUT2D eigenvalue weighted by molar-refractivity contribution is 8.00. The van der Waals surface area contributed by atoms with Crippen LogP contribution in [0.2, 0.25) is 5.02 Å². The fraction of sp³-hybridized carbons (Fsp3) is 0.391. The number of piperazine rings is 1. The molecule has 1 saturated heterocycles. The Morgan fingerprint density at radius 2 is 1.45 bits per heavy atom. The van der Waals surface area contributed by atoms with Gasteiger partial charge in [0.1, 0.15) is 0 Å². The number of carbonyl (C=O) groups is 2. The van der Waals surface area contributed by atoms with E-state index in [4.69, 9.17) is 11.6 Å². The topological polar surface area (TPSA) is 40.6 Å². The lowest BCUT2D eigenvalue weighted by Crippen LogP contribution is -2.52. The van der Waals surface area contributed by atoms with Gasteiger partial charge in [-0.15, -0.1) is 11.8 Å². The molecule has 2 aromatic rings. The average Bonchev–Trinajstić information content (AvgIpc) is 2.75. The van der Waals surface area contributed by atoms with Crippen LogP contribution in [0.5, 0.6) is 0 Å². The Labute approximate surface area is 182 Å². The normalized spacial score (nSPS) is 15.4. The van der Waals surface area contributed by atoms with Crippen molar-refractivity contribution in [2.45, 2.75) is 19.1 Å². The molecule has 4 nitrogen and oxygen atoms in total. The first kappa shape index (κ1) is 21.7. The molecule has 0 spiro atoms. The van der Waals surface area contributed by atoms with Crippen LogP contribution in [0.1, 0.15) is 30.2 Å². The summed E-state index contributed by atoms with van der Waals surface area (Å²) >= 11 is 7.68. The van der Waals surface area contributed by atoms with Crippen LogP contribution < -0.4 is 0 Å². The van der Waals surface area contributed by atoms with Crippen LogP contribution in [0.25, 0.3) is 0 Å². The van der Waals surface area contributed by atoms with Gasteiger partial charge in [-0.25, -0.2) is 0 Å². The number of nitrogens with zero attached hydrogens (tertiary/aromatic N) is 2. The Morgan fingerprint density at radius 1 is 0.897 bits per heavy atom. The zero-order valence-electron chi connectivity index (χ0n) is 16.9. The molecule has 1 atom stereocenters. The maximum Gasteiger partial charge on any atom is 0.232 e. The molecule has 0 N–H and O–H groups in total. The molecule has 1 fully saturated rings. The number of amides is 2. The summed E-state index contributed by atoms with van der Waals surface area (Å²) in [5.74, 6) is 0.694. The van der Waals surface area contributed by atoms with Crippen molar-refractivity contribution in [1.82, 2.24) is 9.80 Å². The van der Waals surface area contributed by atoms with Crippen molar-refractivity contribution < 1.29 is 9.59 Å². The molecule has 1 heterocycles. The van der Waals surface area contributed by atoms with E-state index < -0.39 is 0 Å². The molecule has 29 heavy (non-hydrogen) atoms. The number of halogens is 1. The summed E-state index contributed by atoms with van der Waals surface area (Å²) in [7, 11) is 0. The van der Waals surface area contributed by atoms with Crippen molar-refractivity contribution in [2.24, 2.45) is 5.92 Å². The lowest BCUT2D eigenvalue weighted by Gasteiger charge is -2.35. The lowest BCUT2D eigenvalue weighted by molar-refractivity contribution is -0.140. The minimum absolute atomic E-state index is 0.00110. The van der Waals surface area contributed by atoms with E-state index in [1.54, 1.807) is 11.8 Å². The van der Waals surface area contributed by atoms with Crippen LogP contribution in [-0.4, -0.2) is 53.5 Å². The zero-order chi connectivity index (χ0) is 20.8. The SMILES string of the molecule is CC(C)C(=O)N1CCN(C(=O)CSC(c2ccccc2)c2ccc(Cl)cc2)CC1. The molecule has 154 valence electrons. The summed E-state index contributed by atoms with van der Waals surface area (Å²) in [6.07, 6.45) is 0. The molecule has 1 aliphatic heterocycles. The van der Waals surface area contributed by atoms with Crippen LogP contribution in [0.3, 0.4) is 0 Å². The Kier molecular flexibility index (Phi) is 7.62. The number of carbonyl (C=O) groups excluding carboxylic acids is 2. The van der Waals surface area contributed by atoms with E-state index in [9.17, 15) is 9.59 Å². The van der Waals surface area contributed by atoms with Gasteiger partial charge in [0.15, 0.2) is 0 Å². The number of rotatable bonds is 6. The van der Waals surface area contributed by atoms with Gasteiger partial charge >= 0.3 is 0 Å². The molecule has 6 heteroatoms. The van der Waals surface area contributed by atoms with Gasteiger partial charge in [-0.05, 0) is 23.3 Å². The Balaban J connectivity index is 1.62. The van der Waals surface area contributed by atoms with E-state index in [1.807, 2.05) is 66.1 Å². The molecule has 0 radical (unpaired) electrons. The van der Waals surface area contributed by atoms with Gasteiger partial charge in [0.2, 0.25) is 11.8 Å². The minimum Gasteiger partial charge on any atom is -0.339 e. The van der Waals surface area contributed by atoms with E-state index in [-0.39, 0.29) is 23.0 Å². The lowest BCUT2D eigenvalue weighted by atomic mass is 10.0. The maximum atomic E-state index is 12.8. The van der Waals surface area contributed by atoms with Gasteiger partial charge in [-0.1, -0.05) is 67.9 Å². The average molecular weight is 431 g/mol. The summed E-state index contributed by atoms with van der Waals surface area (Å²) < 4.78 is 0. The van der Waals surface area contributed by atoms with E-state index in [2.05, 4.69) is 12.1 Å². The molecule has 1 unspecified atom stereocenters. The first-order chi connectivity index (χ1) is 14.0. The smallest absolute Gasteiger partial charge is 0.232 e. The van der Waals surface area contributed by atoms with Gasteiger partial charge in [-0.2, -0.15) is 0 Å². The molecule has 3 rings (SSSR count). The zero-order valence-corrected chi connectivity index (χ0v) is 18.5. The van der Waals surface area contributed by atoms with E-state index in [0.717, 1.165) is 5.56 Å². The van der Waals surface area contributed by atoms with Gasteiger partial charge in [-0.3, -0.25) is 9.59 Å². The molecule has 2 amide bonds. The summed E-state index contributed by atoms with van der Waals surface area (Å²) in [5, 5.41) is 0.775. The van der Waals surface area contributed by atoms with Crippen molar-refractivity contribution in [3.63, 3.8) is 0 Å². The van der Waals surface area contributed by atoms with Crippen LogP contribution >= 0.6 is 23.4 Å². The third kappa shape index (κ3) is 5.77. The monoisotopic (exact) mass is 430 g/mol. The van der Waals surface area contributed by atoms with Crippen molar-refractivity contribution >= 4 is 35.2 Å². The Hall–Kier alpha value is -1.98. The predicted molar refractivity (Wildman–Crippen MR) is 120 cm³/mol. The fourth-order valence-electron chi connectivity index (χ4n) is 3.44. The summed E-state index contributed by atoms with van der Waals surface area (Å²) in [6, 6.07) is 18.0. The van der Waals surface area contributed by atoms with Crippen LogP contribution in [0, 0.1) is 5.92 Å². The van der Waals surface area contributed by atoms with Gasteiger partial charge < -0.3 is 9.80 Å². The first-order valence-corrected chi connectivity index (χ1v) is 11.4.